The van der Waals surface area contributed by atoms with Crippen molar-refractivity contribution in [1.82, 2.24) is 0 Å². The van der Waals surface area contributed by atoms with Gasteiger partial charge in [-0.05, 0) is 13.3 Å². The average Bonchev–Trinajstić information content (AvgIpc) is 1.89. The lowest BCUT2D eigenvalue weighted by atomic mass is 10.4. The number of hydrogen-bond acceptors (Lipinski definition) is 2. The number of allylic oxidation sites excluding steroid dienone is 1. The monoisotopic (exact) mass is 128 g/mol. The summed E-state index contributed by atoms with van der Waals surface area (Å²) in [4.78, 5) is 9.95. The third-order valence-corrected chi connectivity index (χ3v) is 0.777. The number of rotatable bonds is 4. The van der Waals surface area contributed by atoms with E-state index < -0.39 is 0 Å². The molecule has 0 rings (SSSR count). The summed E-state index contributed by atoms with van der Waals surface area (Å²) >= 11 is 0. The van der Waals surface area contributed by atoms with Gasteiger partial charge in [0.1, 0.15) is 6.29 Å². The molecule has 0 aromatic rings. The predicted octanol–water partition coefficient (Wildman–Crippen LogP) is 1.52. The van der Waals surface area contributed by atoms with Crippen molar-refractivity contribution in [3.05, 3.63) is 11.8 Å². The Hall–Kier alpha value is -0.790. The van der Waals surface area contributed by atoms with Crippen LogP contribution in [-0.4, -0.2) is 12.9 Å². The van der Waals surface area contributed by atoms with Crippen molar-refractivity contribution in [1.29, 1.82) is 0 Å². The largest absolute Gasteiger partial charge is 0.501 e. The van der Waals surface area contributed by atoms with Crippen LogP contribution < -0.4 is 0 Å². The lowest BCUT2D eigenvalue weighted by molar-refractivity contribution is -0.105. The summed E-state index contributed by atoms with van der Waals surface area (Å²) in [5, 5.41) is 0. The summed E-state index contributed by atoms with van der Waals surface area (Å²) in [5.41, 5.74) is 0.628. The van der Waals surface area contributed by atoms with Gasteiger partial charge in [-0.15, -0.1) is 0 Å². The molecule has 0 heterocycles. The number of carbonyl (C=O) groups is 1. The van der Waals surface area contributed by atoms with Crippen LogP contribution in [0, 0.1) is 0 Å². The van der Waals surface area contributed by atoms with Gasteiger partial charge in [0.25, 0.3) is 0 Å². The molecule has 0 bridgehead atoms. The van der Waals surface area contributed by atoms with Crippen LogP contribution in [0.3, 0.4) is 0 Å². The van der Waals surface area contributed by atoms with Gasteiger partial charge >= 0.3 is 0 Å². The van der Waals surface area contributed by atoms with Gasteiger partial charge in [0.05, 0.1) is 12.9 Å². The molecular formula is C7H12O2. The minimum atomic E-state index is 0.628. The first-order valence-corrected chi connectivity index (χ1v) is 3.04. The second kappa shape index (κ2) is 5.35. The first kappa shape index (κ1) is 8.21. The highest BCUT2D eigenvalue weighted by molar-refractivity contribution is 5.71. The van der Waals surface area contributed by atoms with Crippen molar-refractivity contribution in [2.75, 3.05) is 6.61 Å². The van der Waals surface area contributed by atoms with Crippen LogP contribution in [0.25, 0.3) is 0 Å². The zero-order valence-corrected chi connectivity index (χ0v) is 5.89. The van der Waals surface area contributed by atoms with E-state index in [1.54, 1.807) is 6.92 Å². The van der Waals surface area contributed by atoms with E-state index >= 15 is 0 Å². The van der Waals surface area contributed by atoms with E-state index in [2.05, 4.69) is 0 Å². The minimum absolute atomic E-state index is 0.628. The maximum Gasteiger partial charge on any atom is 0.148 e. The molecular weight excluding hydrogens is 116 g/mol. The molecule has 2 nitrogen and oxygen atoms in total. The lowest BCUT2D eigenvalue weighted by Crippen LogP contribution is -1.85. The summed E-state index contributed by atoms with van der Waals surface area (Å²) in [6.45, 7) is 4.41. The molecule has 0 aliphatic rings. The van der Waals surface area contributed by atoms with E-state index in [0.717, 1.165) is 12.7 Å². The molecule has 0 aromatic carbocycles. The highest BCUT2D eigenvalue weighted by Gasteiger charge is 1.81. The molecule has 0 amide bonds. The van der Waals surface area contributed by atoms with Crippen LogP contribution >= 0.6 is 0 Å². The average molecular weight is 128 g/mol. The topological polar surface area (TPSA) is 26.3 Å². The van der Waals surface area contributed by atoms with Crippen molar-refractivity contribution in [3.8, 4) is 0 Å². The predicted molar refractivity (Wildman–Crippen MR) is 36.1 cm³/mol. The highest BCUT2D eigenvalue weighted by Crippen LogP contribution is 1.88. The van der Waals surface area contributed by atoms with E-state index in [9.17, 15) is 4.79 Å². The molecule has 0 aliphatic heterocycles. The Morgan fingerprint density at radius 1 is 1.67 bits per heavy atom. The number of aldehydes is 1. The third-order valence-electron chi connectivity index (χ3n) is 0.777. The summed E-state index contributed by atoms with van der Waals surface area (Å²) in [6.07, 6.45) is 3.23. The maximum atomic E-state index is 9.95. The quantitative estimate of drug-likeness (QED) is 0.248. The van der Waals surface area contributed by atoms with Gasteiger partial charge in [0, 0.05) is 5.57 Å². The zero-order valence-electron chi connectivity index (χ0n) is 5.89. The summed E-state index contributed by atoms with van der Waals surface area (Å²) < 4.78 is 4.94. The SMILES string of the molecule is CCCOC=C(C)C=O. The molecule has 52 valence electrons. The Morgan fingerprint density at radius 3 is 2.78 bits per heavy atom. The maximum absolute atomic E-state index is 9.95. The number of carbonyl (C=O) groups excluding carboxylic acids is 1. The molecule has 0 aromatic heterocycles. The molecule has 2 heteroatoms. The first-order chi connectivity index (χ1) is 4.31. The normalized spacial score (nSPS) is 11.1. The van der Waals surface area contributed by atoms with Gasteiger partial charge in [-0.3, -0.25) is 4.79 Å². The standard InChI is InChI=1S/C7H12O2/c1-3-4-9-6-7(2)5-8/h5-6H,3-4H2,1-2H3. The molecule has 0 radical (unpaired) electrons. The summed E-state index contributed by atoms with van der Waals surface area (Å²) in [6, 6.07) is 0. The molecule has 0 unspecified atom stereocenters. The Bertz CT molecular complexity index is 105. The molecule has 0 saturated carbocycles. The van der Waals surface area contributed by atoms with Crippen molar-refractivity contribution >= 4 is 6.29 Å². The lowest BCUT2D eigenvalue weighted by Gasteiger charge is -1.94. The van der Waals surface area contributed by atoms with E-state index in [1.165, 1.54) is 6.26 Å². The van der Waals surface area contributed by atoms with E-state index in [0.29, 0.717) is 12.2 Å². The van der Waals surface area contributed by atoms with Gasteiger partial charge in [-0.25, -0.2) is 0 Å². The van der Waals surface area contributed by atoms with E-state index in [-0.39, 0.29) is 0 Å². The molecule has 0 atom stereocenters. The number of hydrogen-bond donors (Lipinski definition) is 0. The van der Waals surface area contributed by atoms with Gasteiger partial charge in [0.15, 0.2) is 0 Å². The fourth-order valence-electron chi connectivity index (χ4n) is 0.336. The van der Waals surface area contributed by atoms with Crippen LogP contribution in [0.2, 0.25) is 0 Å². The van der Waals surface area contributed by atoms with E-state index in [4.69, 9.17) is 4.74 Å². The minimum Gasteiger partial charge on any atom is -0.501 e. The van der Waals surface area contributed by atoms with Gasteiger partial charge < -0.3 is 4.74 Å². The number of ether oxygens (including phenoxy) is 1. The Morgan fingerprint density at radius 2 is 2.33 bits per heavy atom. The molecule has 0 N–H and O–H groups in total. The Balaban J connectivity index is 3.31. The highest BCUT2D eigenvalue weighted by atomic mass is 16.5. The molecule has 0 saturated heterocycles. The van der Waals surface area contributed by atoms with Crippen LogP contribution in [-0.2, 0) is 9.53 Å². The van der Waals surface area contributed by atoms with Crippen molar-refractivity contribution < 1.29 is 9.53 Å². The van der Waals surface area contributed by atoms with E-state index in [1.807, 2.05) is 6.92 Å². The van der Waals surface area contributed by atoms with Crippen LogP contribution in [0.5, 0.6) is 0 Å². The molecule has 0 fully saturated rings. The smallest absolute Gasteiger partial charge is 0.148 e. The van der Waals surface area contributed by atoms with Crippen LogP contribution in [0.1, 0.15) is 20.3 Å². The summed E-state index contributed by atoms with van der Waals surface area (Å²) in [7, 11) is 0. The summed E-state index contributed by atoms with van der Waals surface area (Å²) in [5.74, 6) is 0. The van der Waals surface area contributed by atoms with Crippen LogP contribution in [0.4, 0.5) is 0 Å². The molecule has 9 heavy (non-hydrogen) atoms. The van der Waals surface area contributed by atoms with Gasteiger partial charge in [-0.2, -0.15) is 0 Å². The third kappa shape index (κ3) is 5.07. The Kier molecular flexibility index (Phi) is 4.88. The van der Waals surface area contributed by atoms with Gasteiger partial charge in [0.2, 0.25) is 0 Å². The molecule has 0 aliphatic carbocycles. The second-order valence-electron chi connectivity index (χ2n) is 1.85. The second-order valence-corrected chi connectivity index (χ2v) is 1.85. The van der Waals surface area contributed by atoms with Crippen molar-refractivity contribution in [3.63, 3.8) is 0 Å². The fourth-order valence-corrected chi connectivity index (χ4v) is 0.336. The van der Waals surface area contributed by atoms with Crippen molar-refractivity contribution in [2.24, 2.45) is 0 Å². The first-order valence-electron chi connectivity index (χ1n) is 3.04. The van der Waals surface area contributed by atoms with Crippen molar-refractivity contribution in [2.45, 2.75) is 20.3 Å². The zero-order chi connectivity index (χ0) is 7.11. The van der Waals surface area contributed by atoms with Gasteiger partial charge in [-0.1, -0.05) is 6.92 Å². The molecule has 0 spiro atoms. The fraction of sp³-hybridized carbons (Fsp3) is 0.571. The van der Waals surface area contributed by atoms with Crippen LogP contribution in [0.15, 0.2) is 11.8 Å². The Labute approximate surface area is 55.5 Å².